The summed E-state index contributed by atoms with van der Waals surface area (Å²) in [6.07, 6.45) is 1.13. The lowest BCUT2D eigenvalue weighted by atomic mass is 10.1. The van der Waals surface area contributed by atoms with E-state index in [1.165, 1.54) is 12.1 Å². The molecule has 0 unspecified atom stereocenters. The summed E-state index contributed by atoms with van der Waals surface area (Å²) in [6, 6.07) is 4.31. The molecular weight excluding hydrogens is 194 g/mol. The van der Waals surface area contributed by atoms with E-state index >= 15 is 0 Å². The van der Waals surface area contributed by atoms with Gasteiger partial charge in [0.05, 0.1) is 16.8 Å². The third-order valence-corrected chi connectivity index (χ3v) is 1.76. The third kappa shape index (κ3) is 2.19. The van der Waals surface area contributed by atoms with Gasteiger partial charge in [0, 0.05) is 0 Å². The maximum Gasteiger partial charge on any atom is 0.337 e. The minimum atomic E-state index is -1.11. The zero-order valence-corrected chi connectivity index (χ0v) is 7.19. The average Bonchev–Trinajstić information content (AvgIpc) is 2.08. The molecular formula is C8H6ClNO3. The molecule has 0 aliphatic heterocycles. The third-order valence-electron chi connectivity index (χ3n) is 1.43. The lowest BCUT2D eigenvalue weighted by Crippen LogP contribution is -1.98. The monoisotopic (exact) mass is 199 g/mol. The van der Waals surface area contributed by atoms with Gasteiger partial charge in [0.25, 0.3) is 0 Å². The van der Waals surface area contributed by atoms with E-state index in [0.29, 0.717) is 5.56 Å². The Hall–Kier alpha value is -1.55. The molecule has 0 fully saturated rings. The van der Waals surface area contributed by atoms with Crippen LogP contribution < -0.4 is 0 Å². The van der Waals surface area contributed by atoms with Crippen molar-refractivity contribution in [2.45, 2.75) is 0 Å². The number of oxime groups is 1. The zero-order valence-electron chi connectivity index (χ0n) is 6.44. The first-order chi connectivity index (χ1) is 6.15. The lowest BCUT2D eigenvalue weighted by molar-refractivity contribution is 0.0697. The van der Waals surface area contributed by atoms with Crippen LogP contribution in [-0.2, 0) is 0 Å². The first-order valence-corrected chi connectivity index (χ1v) is 3.73. The summed E-state index contributed by atoms with van der Waals surface area (Å²) >= 11 is 5.60. The van der Waals surface area contributed by atoms with Crippen LogP contribution in [0.3, 0.4) is 0 Å². The zero-order chi connectivity index (χ0) is 9.84. The van der Waals surface area contributed by atoms with Crippen molar-refractivity contribution in [2.75, 3.05) is 0 Å². The summed E-state index contributed by atoms with van der Waals surface area (Å²) in [5, 5.41) is 19.8. The van der Waals surface area contributed by atoms with Crippen molar-refractivity contribution in [3.63, 3.8) is 0 Å². The Morgan fingerprint density at radius 3 is 2.77 bits per heavy atom. The van der Waals surface area contributed by atoms with E-state index in [0.717, 1.165) is 6.21 Å². The standard InChI is InChI=1S/C8H6ClNO3/c9-7-2-1-5(4-10-13)3-6(7)8(11)12/h1-4,13H,(H,11,12)/b10-4+. The highest BCUT2D eigenvalue weighted by atomic mass is 35.5. The molecule has 0 spiro atoms. The van der Waals surface area contributed by atoms with Gasteiger partial charge in [-0.25, -0.2) is 4.79 Å². The van der Waals surface area contributed by atoms with Gasteiger partial charge in [-0.1, -0.05) is 22.8 Å². The smallest absolute Gasteiger partial charge is 0.337 e. The normalized spacial score (nSPS) is 10.5. The predicted octanol–water partition coefficient (Wildman–Crippen LogP) is 1.85. The fourth-order valence-corrected chi connectivity index (χ4v) is 1.05. The molecule has 2 N–H and O–H groups in total. The molecule has 68 valence electrons. The van der Waals surface area contributed by atoms with Crippen LogP contribution in [0, 0.1) is 0 Å². The molecule has 0 radical (unpaired) electrons. The average molecular weight is 200 g/mol. The summed E-state index contributed by atoms with van der Waals surface area (Å²) in [6.45, 7) is 0. The van der Waals surface area contributed by atoms with Crippen LogP contribution in [0.15, 0.2) is 23.4 Å². The van der Waals surface area contributed by atoms with Gasteiger partial charge in [-0.2, -0.15) is 0 Å². The minimum absolute atomic E-state index is 0.0148. The van der Waals surface area contributed by atoms with Gasteiger partial charge < -0.3 is 10.3 Å². The number of halogens is 1. The summed E-state index contributed by atoms with van der Waals surface area (Å²) in [4.78, 5) is 10.6. The van der Waals surface area contributed by atoms with E-state index in [9.17, 15) is 4.79 Å². The highest BCUT2D eigenvalue weighted by Gasteiger charge is 2.08. The highest BCUT2D eigenvalue weighted by Crippen LogP contribution is 2.16. The van der Waals surface area contributed by atoms with Gasteiger partial charge in [0.2, 0.25) is 0 Å². The van der Waals surface area contributed by atoms with Crippen LogP contribution >= 0.6 is 11.6 Å². The number of carboxylic acids is 1. The Morgan fingerprint density at radius 2 is 2.23 bits per heavy atom. The van der Waals surface area contributed by atoms with Crippen LogP contribution in [0.25, 0.3) is 0 Å². The van der Waals surface area contributed by atoms with E-state index < -0.39 is 5.97 Å². The largest absolute Gasteiger partial charge is 0.478 e. The number of hydrogen-bond acceptors (Lipinski definition) is 3. The Bertz CT molecular complexity index is 362. The molecule has 0 amide bonds. The van der Waals surface area contributed by atoms with E-state index in [2.05, 4.69) is 5.16 Å². The molecule has 0 aliphatic rings. The highest BCUT2D eigenvalue weighted by molar-refractivity contribution is 6.33. The molecule has 1 aromatic rings. The summed E-state index contributed by atoms with van der Waals surface area (Å²) in [5.74, 6) is -1.11. The molecule has 0 atom stereocenters. The molecule has 5 heteroatoms. The lowest BCUT2D eigenvalue weighted by Gasteiger charge is -1.98. The summed E-state index contributed by atoms with van der Waals surface area (Å²) in [5.41, 5.74) is 0.461. The van der Waals surface area contributed by atoms with Gasteiger partial charge in [-0.15, -0.1) is 0 Å². The van der Waals surface area contributed by atoms with Crippen LogP contribution in [0.4, 0.5) is 0 Å². The molecule has 1 aromatic carbocycles. The van der Waals surface area contributed by atoms with Crippen LogP contribution in [0.1, 0.15) is 15.9 Å². The number of benzene rings is 1. The first kappa shape index (κ1) is 9.54. The molecule has 0 aromatic heterocycles. The van der Waals surface area contributed by atoms with Crippen molar-refractivity contribution in [3.8, 4) is 0 Å². The van der Waals surface area contributed by atoms with Crippen molar-refractivity contribution in [3.05, 3.63) is 34.3 Å². The minimum Gasteiger partial charge on any atom is -0.478 e. The van der Waals surface area contributed by atoms with Gasteiger partial charge in [-0.05, 0) is 17.7 Å². The second kappa shape index (κ2) is 3.91. The second-order valence-electron chi connectivity index (χ2n) is 2.29. The van der Waals surface area contributed by atoms with Gasteiger partial charge in [0.15, 0.2) is 0 Å². The van der Waals surface area contributed by atoms with Crippen LogP contribution in [-0.4, -0.2) is 22.5 Å². The molecule has 0 saturated heterocycles. The predicted molar refractivity (Wildman–Crippen MR) is 47.8 cm³/mol. The van der Waals surface area contributed by atoms with E-state index in [1.54, 1.807) is 6.07 Å². The number of aromatic carboxylic acids is 1. The maximum atomic E-state index is 10.6. The molecule has 0 bridgehead atoms. The quantitative estimate of drug-likeness (QED) is 0.434. The second-order valence-corrected chi connectivity index (χ2v) is 2.70. The molecule has 0 heterocycles. The fourth-order valence-electron chi connectivity index (χ4n) is 0.854. The van der Waals surface area contributed by atoms with Crippen molar-refractivity contribution in [2.24, 2.45) is 5.16 Å². The molecule has 0 saturated carbocycles. The number of carboxylic acid groups (broad SMARTS) is 1. The number of nitrogens with zero attached hydrogens (tertiary/aromatic N) is 1. The van der Waals surface area contributed by atoms with Crippen LogP contribution in [0.5, 0.6) is 0 Å². The Kier molecular flexibility index (Phi) is 2.87. The first-order valence-electron chi connectivity index (χ1n) is 3.35. The Labute approximate surface area is 79.1 Å². The Balaban J connectivity index is 3.18. The summed E-state index contributed by atoms with van der Waals surface area (Å²) < 4.78 is 0. The van der Waals surface area contributed by atoms with Gasteiger partial charge in [-0.3, -0.25) is 0 Å². The van der Waals surface area contributed by atoms with E-state index in [-0.39, 0.29) is 10.6 Å². The van der Waals surface area contributed by atoms with Crippen LogP contribution in [0.2, 0.25) is 5.02 Å². The molecule has 13 heavy (non-hydrogen) atoms. The van der Waals surface area contributed by atoms with E-state index in [4.69, 9.17) is 21.9 Å². The molecule has 4 nitrogen and oxygen atoms in total. The van der Waals surface area contributed by atoms with Gasteiger partial charge >= 0.3 is 5.97 Å². The SMILES string of the molecule is O=C(O)c1cc(/C=N/O)ccc1Cl. The van der Waals surface area contributed by atoms with Crippen molar-refractivity contribution in [1.29, 1.82) is 0 Å². The molecule has 1 rings (SSSR count). The number of carbonyl (C=O) groups is 1. The van der Waals surface area contributed by atoms with Crippen molar-refractivity contribution in [1.82, 2.24) is 0 Å². The number of hydrogen-bond donors (Lipinski definition) is 2. The summed E-state index contributed by atoms with van der Waals surface area (Å²) in [7, 11) is 0. The van der Waals surface area contributed by atoms with E-state index in [1.807, 2.05) is 0 Å². The molecule has 0 aliphatic carbocycles. The maximum absolute atomic E-state index is 10.6. The van der Waals surface area contributed by atoms with Crippen molar-refractivity contribution < 1.29 is 15.1 Å². The Morgan fingerprint density at radius 1 is 1.54 bits per heavy atom. The topological polar surface area (TPSA) is 69.9 Å². The van der Waals surface area contributed by atoms with Crippen molar-refractivity contribution >= 4 is 23.8 Å². The van der Waals surface area contributed by atoms with Gasteiger partial charge in [0.1, 0.15) is 0 Å². The fraction of sp³-hybridized carbons (Fsp3) is 0. The number of rotatable bonds is 2.